The molecule has 90 valence electrons. The Morgan fingerprint density at radius 1 is 1.44 bits per heavy atom. The zero-order valence-corrected chi connectivity index (χ0v) is 9.48. The third-order valence-corrected chi connectivity index (χ3v) is 2.00. The SMILES string of the molecule is COCCNC(=O)NCCCn1cccn1. The summed E-state index contributed by atoms with van der Waals surface area (Å²) >= 11 is 0. The van der Waals surface area contributed by atoms with Crippen LogP contribution in [0.2, 0.25) is 0 Å². The number of carbonyl (C=O) groups is 1. The van der Waals surface area contributed by atoms with Crippen molar-refractivity contribution < 1.29 is 9.53 Å². The molecule has 0 atom stereocenters. The van der Waals surface area contributed by atoms with Gasteiger partial charge in [0.25, 0.3) is 0 Å². The first kappa shape index (κ1) is 12.5. The molecule has 0 aromatic carbocycles. The number of ether oxygens (including phenoxy) is 1. The number of aromatic nitrogens is 2. The molecular weight excluding hydrogens is 208 g/mol. The molecule has 6 nitrogen and oxygen atoms in total. The van der Waals surface area contributed by atoms with Crippen molar-refractivity contribution in [3.63, 3.8) is 0 Å². The lowest BCUT2D eigenvalue weighted by Gasteiger charge is -2.07. The van der Waals surface area contributed by atoms with E-state index in [2.05, 4.69) is 15.7 Å². The van der Waals surface area contributed by atoms with Crippen molar-refractivity contribution in [2.24, 2.45) is 0 Å². The maximum absolute atomic E-state index is 11.2. The van der Waals surface area contributed by atoms with Gasteiger partial charge in [0.05, 0.1) is 6.61 Å². The monoisotopic (exact) mass is 226 g/mol. The third-order valence-electron chi connectivity index (χ3n) is 2.00. The molecule has 0 aliphatic carbocycles. The molecule has 16 heavy (non-hydrogen) atoms. The fourth-order valence-corrected chi connectivity index (χ4v) is 1.20. The largest absolute Gasteiger partial charge is 0.383 e. The molecule has 2 N–H and O–H groups in total. The van der Waals surface area contributed by atoms with Gasteiger partial charge in [0.2, 0.25) is 0 Å². The number of nitrogens with one attached hydrogen (secondary N) is 2. The molecule has 0 unspecified atom stereocenters. The molecule has 2 amide bonds. The fourth-order valence-electron chi connectivity index (χ4n) is 1.20. The zero-order chi connectivity index (χ0) is 11.6. The van der Waals surface area contributed by atoms with Crippen molar-refractivity contribution in [3.05, 3.63) is 18.5 Å². The van der Waals surface area contributed by atoms with E-state index in [0.717, 1.165) is 13.0 Å². The average Bonchev–Trinajstić information content (AvgIpc) is 2.78. The van der Waals surface area contributed by atoms with Gasteiger partial charge in [-0.15, -0.1) is 0 Å². The van der Waals surface area contributed by atoms with Gasteiger partial charge in [-0.2, -0.15) is 5.10 Å². The predicted molar refractivity (Wildman–Crippen MR) is 60.1 cm³/mol. The van der Waals surface area contributed by atoms with Gasteiger partial charge in [-0.3, -0.25) is 4.68 Å². The Hall–Kier alpha value is -1.56. The van der Waals surface area contributed by atoms with Crippen LogP contribution in [0, 0.1) is 0 Å². The van der Waals surface area contributed by atoms with Gasteiger partial charge in [0.15, 0.2) is 0 Å². The number of urea groups is 1. The van der Waals surface area contributed by atoms with E-state index < -0.39 is 0 Å². The Balaban J connectivity index is 1.96. The van der Waals surface area contributed by atoms with E-state index in [9.17, 15) is 4.79 Å². The Labute approximate surface area is 95.0 Å². The highest BCUT2D eigenvalue weighted by Gasteiger charge is 1.97. The molecule has 1 heterocycles. The van der Waals surface area contributed by atoms with E-state index in [4.69, 9.17) is 4.74 Å². The van der Waals surface area contributed by atoms with E-state index in [0.29, 0.717) is 19.7 Å². The van der Waals surface area contributed by atoms with E-state index in [1.54, 1.807) is 13.3 Å². The Bertz CT molecular complexity index is 287. The molecule has 0 saturated carbocycles. The summed E-state index contributed by atoms with van der Waals surface area (Å²) in [7, 11) is 1.60. The van der Waals surface area contributed by atoms with Crippen LogP contribution in [0.3, 0.4) is 0 Å². The number of rotatable bonds is 7. The number of aryl methyl sites for hydroxylation is 1. The third kappa shape index (κ3) is 5.35. The summed E-state index contributed by atoms with van der Waals surface area (Å²) in [6, 6.07) is 1.72. The topological polar surface area (TPSA) is 68.2 Å². The van der Waals surface area contributed by atoms with Gasteiger partial charge in [0, 0.05) is 39.1 Å². The van der Waals surface area contributed by atoms with Crippen LogP contribution in [0.4, 0.5) is 4.79 Å². The normalized spacial score (nSPS) is 10.1. The quantitative estimate of drug-likeness (QED) is 0.653. The molecule has 0 aliphatic heterocycles. The smallest absolute Gasteiger partial charge is 0.314 e. The summed E-state index contributed by atoms with van der Waals surface area (Å²) in [6.07, 6.45) is 4.50. The molecule has 1 rings (SSSR count). The molecule has 0 bridgehead atoms. The van der Waals surface area contributed by atoms with Crippen LogP contribution >= 0.6 is 0 Å². The molecule has 0 radical (unpaired) electrons. The zero-order valence-electron chi connectivity index (χ0n) is 9.48. The second-order valence-corrected chi connectivity index (χ2v) is 3.30. The highest BCUT2D eigenvalue weighted by Crippen LogP contribution is 1.87. The highest BCUT2D eigenvalue weighted by atomic mass is 16.5. The number of hydrogen-bond donors (Lipinski definition) is 2. The molecule has 0 aliphatic rings. The van der Waals surface area contributed by atoms with Crippen molar-refractivity contribution in [1.82, 2.24) is 20.4 Å². The van der Waals surface area contributed by atoms with Crippen molar-refractivity contribution in [3.8, 4) is 0 Å². The van der Waals surface area contributed by atoms with E-state index in [1.807, 2.05) is 16.9 Å². The van der Waals surface area contributed by atoms with Crippen LogP contribution in [0.25, 0.3) is 0 Å². The van der Waals surface area contributed by atoms with E-state index in [-0.39, 0.29) is 6.03 Å². The number of methoxy groups -OCH3 is 1. The number of carbonyl (C=O) groups excluding carboxylic acids is 1. The summed E-state index contributed by atoms with van der Waals surface area (Å²) in [6.45, 7) is 2.51. The lowest BCUT2D eigenvalue weighted by atomic mass is 10.4. The van der Waals surface area contributed by atoms with Crippen LogP contribution in [-0.4, -0.2) is 42.6 Å². The average molecular weight is 226 g/mol. The number of amides is 2. The molecule has 0 spiro atoms. The van der Waals surface area contributed by atoms with E-state index >= 15 is 0 Å². The maximum atomic E-state index is 11.2. The Morgan fingerprint density at radius 2 is 2.25 bits per heavy atom. The van der Waals surface area contributed by atoms with E-state index in [1.165, 1.54) is 0 Å². The first-order chi connectivity index (χ1) is 7.83. The van der Waals surface area contributed by atoms with Crippen molar-refractivity contribution in [2.45, 2.75) is 13.0 Å². The van der Waals surface area contributed by atoms with Crippen LogP contribution in [0.1, 0.15) is 6.42 Å². The molecular formula is C10H18N4O2. The van der Waals surface area contributed by atoms with Crippen LogP contribution in [0.5, 0.6) is 0 Å². The summed E-state index contributed by atoms with van der Waals surface area (Å²) in [5, 5.41) is 9.50. The minimum absolute atomic E-state index is 0.155. The summed E-state index contributed by atoms with van der Waals surface area (Å²) in [4.78, 5) is 11.2. The number of hydrogen-bond acceptors (Lipinski definition) is 3. The van der Waals surface area contributed by atoms with Crippen LogP contribution in [0.15, 0.2) is 18.5 Å². The second kappa shape index (κ2) is 7.70. The summed E-state index contributed by atoms with van der Waals surface area (Å²) < 4.78 is 6.65. The summed E-state index contributed by atoms with van der Waals surface area (Å²) in [5.41, 5.74) is 0. The maximum Gasteiger partial charge on any atom is 0.314 e. The molecule has 0 fully saturated rings. The van der Waals surface area contributed by atoms with Gasteiger partial charge in [-0.1, -0.05) is 0 Å². The van der Waals surface area contributed by atoms with Crippen molar-refractivity contribution >= 4 is 6.03 Å². The number of nitrogens with zero attached hydrogens (tertiary/aromatic N) is 2. The second-order valence-electron chi connectivity index (χ2n) is 3.30. The fraction of sp³-hybridized carbons (Fsp3) is 0.600. The van der Waals surface area contributed by atoms with Crippen LogP contribution < -0.4 is 10.6 Å². The molecule has 1 aromatic rings. The van der Waals surface area contributed by atoms with Gasteiger partial charge < -0.3 is 15.4 Å². The first-order valence-electron chi connectivity index (χ1n) is 5.31. The highest BCUT2D eigenvalue weighted by molar-refractivity contribution is 5.73. The first-order valence-corrected chi connectivity index (χ1v) is 5.31. The van der Waals surface area contributed by atoms with Crippen molar-refractivity contribution in [2.75, 3.05) is 26.8 Å². The van der Waals surface area contributed by atoms with Crippen LogP contribution in [-0.2, 0) is 11.3 Å². The van der Waals surface area contributed by atoms with Crippen molar-refractivity contribution in [1.29, 1.82) is 0 Å². The molecule has 1 aromatic heterocycles. The molecule has 0 saturated heterocycles. The molecule has 6 heteroatoms. The summed E-state index contributed by atoms with van der Waals surface area (Å²) in [5.74, 6) is 0. The van der Waals surface area contributed by atoms with Gasteiger partial charge in [0.1, 0.15) is 0 Å². The minimum Gasteiger partial charge on any atom is -0.383 e. The van der Waals surface area contributed by atoms with Gasteiger partial charge >= 0.3 is 6.03 Å². The minimum atomic E-state index is -0.155. The Kier molecular flexibility index (Phi) is 6.02. The Morgan fingerprint density at radius 3 is 2.94 bits per heavy atom. The predicted octanol–water partition coefficient (Wildman–Crippen LogP) is 0.219. The standard InChI is InChI=1S/C10H18N4O2/c1-16-9-6-12-10(15)11-4-2-7-14-8-3-5-13-14/h3,5,8H,2,4,6-7,9H2,1H3,(H2,11,12,15). The van der Waals surface area contributed by atoms with Gasteiger partial charge in [-0.05, 0) is 12.5 Å². The lowest BCUT2D eigenvalue weighted by Crippen LogP contribution is -2.37. The lowest BCUT2D eigenvalue weighted by molar-refractivity contribution is 0.196. The van der Waals surface area contributed by atoms with Gasteiger partial charge in [-0.25, -0.2) is 4.79 Å².